The lowest BCUT2D eigenvalue weighted by atomic mass is 9.89. The van der Waals surface area contributed by atoms with Gasteiger partial charge in [-0.25, -0.2) is 0 Å². The number of hydrogen-bond donors (Lipinski definition) is 1. The van der Waals surface area contributed by atoms with Crippen molar-refractivity contribution in [2.75, 3.05) is 0 Å². The summed E-state index contributed by atoms with van der Waals surface area (Å²) in [5.74, 6) is -0.292. The number of nitrogens with one attached hydrogen (secondary N) is 1. The highest BCUT2D eigenvalue weighted by Crippen LogP contribution is 2.27. The van der Waals surface area contributed by atoms with E-state index in [0.29, 0.717) is 0 Å². The average Bonchev–Trinajstić information content (AvgIpc) is 2.66. The number of hydrogen-bond acceptors (Lipinski definition) is 1. The van der Waals surface area contributed by atoms with Crippen molar-refractivity contribution >= 4 is 5.91 Å². The highest BCUT2D eigenvalue weighted by molar-refractivity contribution is 5.87. The fraction of sp³-hybridized carbons (Fsp3) is 0.240. The lowest BCUT2D eigenvalue weighted by Crippen LogP contribution is -2.32. The number of aryl methyl sites for hydroxylation is 3. The Morgan fingerprint density at radius 3 is 1.74 bits per heavy atom. The molecule has 1 N–H and O–H groups in total. The second kappa shape index (κ2) is 8.22. The first kappa shape index (κ1) is 18.9. The first-order valence-corrected chi connectivity index (χ1v) is 9.45. The molecule has 0 fully saturated rings. The standard InChI is InChI=1S/C25H27NO/c1-17-15-19(3)23(16-18(17)2)20(4)26-25(27)24(21-11-7-5-8-12-21)22-13-9-6-10-14-22/h5-16,20,24H,1-4H3,(H,26,27)/t20-/m0/s1. The zero-order valence-electron chi connectivity index (χ0n) is 16.5. The van der Waals surface area contributed by atoms with Gasteiger partial charge in [-0.2, -0.15) is 0 Å². The first-order valence-electron chi connectivity index (χ1n) is 9.45. The molecule has 0 aromatic heterocycles. The van der Waals surface area contributed by atoms with Gasteiger partial charge in [0.15, 0.2) is 0 Å². The summed E-state index contributed by atoms with van der Waals surface area (Å²) in [4.78, 5) is 13.3. The molecule has 0 spiro atoms. The Morgan fingerprint density at radius 2 is 1.22 bits per heavy atom. The van der Waals surface area contributed by atoms with Gasteiger partial charge in [0.05, 0.1) is 12.0 Å². The Bertz CT molecular complexity index is 876. The Labute approximate surface area is 162 Å². The molecule has 3 rings (SSSR count). The molecule has 1 atom stereocenters. The van der Waals surface area contributed by atoms with Crippen molar-refractivity contribution in [1.82, 2.24) is 5.32 Å². The van der Waals surface area contributed by atoms with Crippen LogP contribution in [0.15, 0.2) is 72.8 Å². The van der Waals surface area contributed by atoms with E-state index in [1.807, 2.05) is 60.7 Å². The predicted octanol–water partition coefficient (Wildman–Crippen LogP) is 5.62. The molecule has 0 aliphatic heterocycles. The molecule has 3 aromatic rings. The molecule has 0 saturated carbocycles. The van der Waals surface area contributed by atoms with Gasteiger partial charge in [0.25, 0.3) is 0 Å². The quantitative estimate of drug-likeness (QED) is 0.631. The van der Waals surface area contributed by atoms with Crippen molar-refractivity contribution in [1.29, 1.82) is 0 Å². The summed E-state index contributed by atoms with van der Waals surface area (Å²) in [6, 6.07) is 24.3. The molecule has 0 aliphatic carbocycles. The van der Waals surface area contributed by atoms with E-state index < -0.39 is 0 Å². The van der Waals surface area contributed by atoms with E-state index in [1.165, 1.54) is 22.3 Å². The number of amides is 1. The molecule has 0 aliphatic rings. The molecule has 138 valence electrons. The second-order valence-electron chi connectivity index (χ2n) is 7.28. The van der Waals surface area contributed by atoms with Gasteiger partial charge in [-0.3, -0.25) is 4.79 Å². The molecule has 27 heavy (non-hydrogen) atoms. The lowest BCUT2D eigenvalue weighted by molar-refractivity contribution is -0.122. The van der Waals surface area contributed by atoms with Crippen LogP contribution < -0.4 is 5.32 Å². The van der Waals surface area contributed by atoms with Gasteiger partial charge in [0.2, 0.25) is 5.91 Å². The Kier molecular flexibility index (Phi) is 5.75. The average molecular weight is 357 g/mol. The van der Waals surface area contributed by atoms with Crippen LogP contribution in [-0.4, -0.2) is 5.91 Å². The third-order valence-electron chi connectivity index (χ3n) is 5.24. The number of benzene rings is 3. The van der Waals surface area contributed by atoms with Gasteiger partial charge < -0.3 is 5.32 Å². The fourth-order valence-electron chi connectivity index (χ4n) is 3.61. The van der Waals surface area contributed by atoms with Crippen LogP contribution in [-0.2, 0) is 4.79 Å². The molecule has 0 radical (unpaired) electrons. The van der Waals surface area contributed by atoms with Gasteiger partial charge in [0.1, 0.15) is 0 Å². The van der Waals surface area contributed by atoms with Crippen LogP contribution in [0, 0.1) is 20.8 Å². The van der Waals surface area contributed by atoms with Crippen molar-refractivity contribution in [3.05, 3.63) is 106 Å². The number of rotatable bonds is 5. The maximum atomic E-state index is 13.3. The number of carbonyl (C=O) groups is 1. The topological polar surface area (TPSA) is 29.1 Å². The van der Waals surface area contributed by atoms with E-state index >= 15 is 0 Å². The Hall–Kier alpha value is -2.87. The predicted molar refractivity (Wildman–Crippen MR) is 112 cm³/mol. The van der Waals surface area contributed by atoms with E-state index in [0.717, 1.165) is 11.1 Å². The van der Waals surface area contributed by atoms with Gasteiger partial charge in [-0.1, -0.05) is 72.8 Å². The molecule has 0 bridgehead atoms. The Morgan fingerprint density at radius 1 is 0.741 bits per heavy atom. The summed E-state index contributed by atoms with van der Waals surface area (Å²) < 4.78 is 0. The maximum absolute atomic E-state index is 13.3. The molecule has 0 heterocycles. The van der Waals surface area contributed by atoms with E-state index in [2.05, 4.69) is 45.1 Å². The van der Waals surface area contributed by atoms with Crippen molar-refractivity contribution in [3.8, 4) is 0 Å². The summed E-state index contributed by atoms with van der Waals surface area (Å²) in [6.45, 7) is 8.40. The van der Waals surface area contributed by atoms with E-state index in [1.54, 1.807) is 0 Å². The van der Waals surface area contributed by atoms with Crippen LogP contribution in [0.2, 0.25) is 0 Å². The molecule has 0 unspecified atom stereocenters. The van der Waals surface area contributed by atoms with Crippen molar-refractivity contribution in [3.63, 3.8) is 0 Å². The summed E-state index contributed by atoms with van der Waals surface area (Å²) >= 11 is 0. The molecular formula is C25H27NO. The van der Waals surface area contributed by atoms with Crippen LogP contribution in [0.25, 0.3) is 0 Å². The highest BCUT2D eigenvalue weighted by atomic mass is 16.1. The molecule has 0 saturated heterocycles. The molecule has 3 aromatic carbocycles. The monoisotopic (exact) mass is 357 g/mol. The zero-order valence-corrected chi connectivity index (χ0v) is 16.5. The fourth-order valence-corrected chi connectivity index (χ4v) is 3.61. The van der Waals surface area contributed by atoms with Gasteiger partial charge in [-0.15, -0.1) is 0 Å². The summed E-state index contributed by atoms with van der Waals surface area (Å²) in [5.41, 5.74) is 6.92. The normalized spacial score (nSPS) is 12.0. The minimum Gasteiger partial charge on any atom is -0.349 e. The van der Waals surface area contributed by atoms with E-state index in [-0.39, 0.29) is 17.9 Å². The molecule has 2 heteroatoms. The van der Waals surface area contributed by atoms with Crippen molar-refractivity contribution in [2.45, 2.75) is 39.7 Å². The minimum absolute atomic E-state index is 0.0255. The first-order chi connectivity index (χ1) is 13.0. The molecule has 1 amide bonds. The van der Waals surface area contributed by atoms with Gasteiger partial charge in [-0.05, 0) is 61.1 Å². The van der Waals surface area contributed by atoms with Crippen LogP contribution in [0.5, 0.6) is 0 Å². The highest BCUT2D eigenvalue weighted by Gasteiger charge is 2.24. The number of carbonyl (C=O) groups excluding carboxylic acids is 1. The molecular weight excluding hydrogens is 330 g/mol. The van der Waals surface area contributed by atoms with Gasteiger partial charge in [0, 0.05) is 0 Å². The van der Waals surface area contributed by atoms with Gasteiger partial charge >= 0.3 is 0 Å². The van der Waals surface area contributed by atoms with E-state index in [4.69, 9.17) is 0 Å². The zero-order chi connectivity index (χ0) is 19.4. The third-order valence-corrected chi connectivity index (χ3v) is 5.24. The van der Waals surface area contributed by atoms with E-state index in [9.17, 15) is 4.79 Å². The third kappa shape index (κ3) is 4.28. The Balaban J connectivity index is 1.90. The second-order valence-corrected chi connectivity index (χ2v) is 7.28. The van der Waals surface area contributed by atoms with Crippen molar-refractivity contribution in [2.24, 2.45) is 0 Å². The SMILES string of the molecule is Cc1cc(C)c([C@H](C)NC(=O)C(c2ccccc2)c2ccccc2)cc1C. The summed E-state index contributed by atoms with van der Waals surface area (Å²) in [7, 11) is 0. The van der Waals surface area contributed by atoms with Crippen molar-refractivity contribution < 1.29 is 4.79 Å². The van der Waals surface area contributed by atoms with Crippen LogP contribution >= 0.6 is 0 Å². The smallest absolute Gasteiger partial charge is 0.232 e. The maximum Gasteiger partial charge on any atom is 0.232 e. The summed E-state index contributed by atoms with van der Waals surface area (Å²) in [6.07, 6.45) is 0. The minimum atomic E-state index is -0.318. The largest absolute Gasteiger partial charge is 0.349 e. The summed E-state index contributed by atoms with van der Waals surface area (Å²) in [5, 5.41) is 3.24. The van der Waals surface area contributed by atoms with Crippen LogP contribution in [0.4, 0.5) is 0 Å². The van der Waals surface area contributed by atoms with Crippen LogP contribution in [0.1, 0.15) is 52.3 Å². The molecule has 2 nitrogen and oxygen atoms in total. The van der Waals surface area contributed by atoms with Crippen LogP contribution in [0.3, 0.4) is 0 Å². The lowest BCUT2D eigenvalue weighted by Gasteiger charge is -2.23.